The number of rotatable bonds is 1. The highest BCUT2D eigenvalue weighted by molar-refractivity contribution is 7.19. The van der Waals surface area contributed by atoms with Gasteiger partial charge < -0.3 is 0 Å². The van der Waals surface area contributed by atoms with Gasteiger partial charge in [0.05, 0.1) is 0 Å². The minimum atomic E-state index is -4.63. The summed E-state index contributed by atoms with van der Waals surface area (Å²) in [4.78, 5) is 3.82. The Hall–Kier alpha value is -1.45. The molecule has 0 aliphatic rings. The zero-order valence-electron chi connectivity index (χ0n) is 9.19. The van der Waals surface area contributed by atoms with Gasteiger partial charge in [-0.05, 0) is 12.1 Å². The second kappa shape index (κ2) is 4.54. The first-order chi connectivity index (χ1) is 9.36. The molecule has 0 fully saturated rings. The number of hydrogen-bond donors (Lipinski definition) is 0. The van der Waals surface area contributed by atoms with Crippen LogP contribution in [0.4, 0.5) is 13.2 Å². The Morgan fingerprint density at radius 2 is 1.90 bits per heavy atom. The van der Waals surface area contributed by atoms with Gasteiger partial charge >= 0.3 is 6.18 Å². The molecule has 0 aliphatic heterocycles. The van der Waals surface area contributed by atoms with Crippen molar-refractivity contribution in [3.05, 3.63) is 28.3 Å². The van der Waals surface area contributed by atoms with E-state index in [1.165, 1.54) is 12.1 Å². The molecule has 0 aliphatic carbocycles. The van der Waals surface area contributed by atoms with Gasteiger partial charge in [0.2, 0.25) is 4.96 Å². The molecule has 3 aromatic heterocycles. The van der Waals surface area contributed by atoms with Crippen LogP contribution in [0.25, 0.3) is 15.5 Å². The molecule has 0 spiro atoms. The van der Waals surface area contributed by atoms with Crippen molar-refractivity contribution >= 4 is 39.5 Å². The quantitative estimate of drug-likeness (QED) is 0.636. The number of fused-ring (bicyclic) bond motifs is 1. The highest BCUT2D eigenvalue weighted by atomic mass is 35.5. The summed E-state index contributed by atoms with van der Waals surface area (Å²) in [6.07, 6.45) is -4.63. The lowest BCUT2D eigenvalue weighted by Gasteiger charge is -2.01. The summed E-state index contributed by atoms with van der Waals surface area (Å²) in [6, 6.07) is 2.99. The van der Waals surface area contributed by atoms with E-state index in [9.17, 15) is 13.2 Å². The molecule has 0 saturated carbocycles. The third-order valence-corrected chi connectivity index (χ3v) is 3.72. The zero-order chi connectivity index (χ0) is 14.5. The number of hydrogen-bond acceptors (Lipinski definition) is 5. The predicted molar refractivity (Wildman–Crippen MR) is 66.9 cm³/mol. The Kier molecular flexibility index (Phi) is 3.07. The second-order valence-electron chi connectivity index (χ2n) is 3.60. The van der Waals surface area contributed by atoms with Crippen molar-refractivity contribution in [1.82, 2.24) is 24.8 Å². The summed E-state index contributed by atoms with van der Waals surface area (Å²) in [6.45, 7) is 0. The van der Waals surface area contributed by atoms with Crippen molar-refractivity contribution in [1.29, 1.82) is 0 Å². The zero-order valence-corrected chi connectivity index (χ0v) is 11.5. The van der Waals surface area contributed by atoms with Crippen molar-refractivity contribution in [2.75, 3.05) is 0 Å². The van der Waals surface area contributed by atoms with Gasteiger partial charge in [-0.25, -0.2) is 4.98 Å². The van der Waals surface area contributed by atoms with Gasteiger partial charge in [-0.3, -0.25) is 0 Å². The van der Waals surface area contributed by atoms with Gasteiger partial charge in [-0.2, -0.15) is 22.8 Å². The third-order valence-electron chi connectivity index (χ3n) is 2.29. The molecule has 0 saturated heterocycles. The van der Waals surface area contributed by atoms with Crippen LogP contribution >= 0.6 is 34.5 Å². The summed E-state index contributed by atoms with van der Waals surface area (Å²) >= 11 is 12.5. The van der Waals surface area contributed by atoms with Crippen molar-refractivity contribution in [3.63, 3.8) is 0 Å². The molecule has 0 N–H and O–H groups in total. The monoisotopic (exact) mass is 339 g/mol. The van der Waals surface area contributed by atoms with E-state index in [0.29, 0.717) is 10.1 Å². The van der Waals surface area contributed by atoms with E-state index in [4.69, 9.17) is 23.2 Å². The van der Waals surface area contributed by atoms with Crippen LogP contribution in [0.1, 0.15) is 5.82 Å². The summed E-state index contributed by atoms with van der Waals surface area (Å²) in [5.41, 5.74) is 0.375. The maximum absolute atomic E-state index is 12.7. The Labute approximate surface area is 123 Å². The fourth-order valence-electron chi connectivity index (χ4n) is 1.47. The molecule has 11 heteroatoms. The Morgan fingerprint density at radius 3 is 2.55 bits per heavy atom. The molecular weight excluding hydrogens is 338 g/mol. The van der Waals surface area contributed by atoms with Crippen molar-refractivity contribution in [2.24, 2.45) is 0 Å². The van der Waals surface area contributed by atoms with Gasteiger partial charge in [-0.15, -0.1) is 10.2 Å². The predicted octanol–water partition coefficient (Wildman–Crippen LogP) is 3.57. The van der Waals surface area contributed by atoms with E-state index in [0.717, 1.165) is 11.3 Å². The topological polar surface area (TPSA) is 56.0 Å². The van der Waals surface area contributed by atoms with Gasteiger partial charge in [0, 0.05) is 5.56 Å². The Balaban J connectivity index is 2.16. The highest BCUT2D eigenvalue weighted by Gasteiger charge is 2.38. The molecule has 20 heavy (non-hydrogen) atoms. The molecule has 0 atom stereocenters. The lowest BCUT2D eigenvalue weighted by atomic mass is 10.3. The van der Waals surface area contributed by atoms with E-state index in [2.05, 4.69) is 20.3 Å². The summed E-state index contributed by atoms with van der Waals surface area (Å²) < 4.78 is 38.7. The average molecular weight is 340 g/mol. The molecule has 0 bridgehead atoms. The number of nitrogens with zero attached hydrogens (tertiary/aromatic N) is 5. The number of alkyl halides is 3. The van der Waals surface area contributed by atoms with Crippen LogP contribution in [-0.2, 0) is 6.18 Å². The number of halogens is 5. The normalized spacial score (nSPS) is 12.2. The van der Waals surface area contributed by atoms with Crippen LogP contribution in [0.5, 0.6) is 0 Å². The molecule has 5 nitrogen and oxygen atoms in total. The standard InChI is InChI=1S/C9H2Cl2F3N5S/c10-4-2-1-3(5(11)15-4)6-18-19-7(9(12,13)14)16-17-8(19)20-6/h1-2H. The third kappa shape index (κ3) is 2.21. The second-order valence-corrected chi connectivity index (χ2v) is 5.30. The maximum Gasteiger partial charge on any atom is 0.453 e. The lowest BCUT2D eigenvalue weighted by Crippen LogP contribution is -2.11. The van der Waals surface area contributed by atoms with E-state index in [-0.39, 0.29) is 20.3 Å². The van der Waals surface area contributed by atoms with Gasteiger partial charge in [0.1, 0.15) is 10.3 Å². The molecule has 3 heterocycles. The average Bonchev–Trinajstić information content (AvgIpc) is 2.86. The Morgan fingerprint density at radius 1 is 1.15 bits per heavy atom. The lowest BCUT2D eigenvalue weighted by molar-refractivity contribution is -0.146. The fourth-order valence-corrected chi connectivity index (χ4v) is 2.83. The number of pyridine rings is 1. The smallest absolute Gasteiger partial charge is 0.224 e. The molecular formula is C9H2Cl2F3N5S. The first kappa shape index (κ1) is 13.5. The Bertz CT molecular complexity index is 797. The van der Waals surface area contributed by atoms with Crippen molar-refractivity contribution in [2.45, 2.75) is 6.18 Å². The molecule has 0 radical (unpaired) electrons. The molecule has 0 aromatic carbocycles. The molecule has 3 rings (SSSR count). The summed E-state index contributed by atoms with van der Waals surface area (Å²) in [7, 11) is 0. The van der Waals surface area contributed by atoms with E-state index >= 15 is 0 Å². The van der Waals surface area contributed by atoms with E-state index in [1.54, 1.807) is 0 Å². The first-order valence-corrected chi connectivity index (χ1v) is 6.55. The van der Waals surface area contributed by atoms with E-state index in [1.807, 2.05) is 0 Å². The minimum Gasteiger partial charge on any atom is -0.224 e. The van der Waals surface area contributed by atoms with Gasteiger partial charge in [0.25, 0.3) is 5.82 Å². The largest absolute Gasteiger partial charge is 0.453 e. The minimum absolute atomic E-state index is 0.0124. The van der Waals surface area contributed by atoms with Crippen molar-refractivity contribution in [3.8, 4) is 10.6 Å². The molecule has 0 unspecified atom stereocenters. The molecule has 0 amide bonds. The van der Waals surface area contributed by atoms with Gasteiger partial charge in [-0.1, -0.05) is 34.5 Å². The van der Waals surface area contributed by atoms with Crippen LogP contribution in [0.2, 0.25) is 10.3 Å². The van der Waals surface area contributed by atoms with E-state index < -0.39 is 12.0 Å². The first-order valence-electron chi connectivity index (χ1n) is 4.98. The van der Waals surface area contributed by atoms with Crippen LogP contribution in [0.15, 0.2) is 12.1 Å². The SMILES string of the molecule is FC(F)(F)c1nnc2sc(-c3ccc(Cl)nc3Cl)nn12. The molecule has 3 aromatic rings. The maximum atomic E-state index is 12.7. The summed E-state index contributed by atoms with van der Waals surface area (Å²) in [5.74, 6) is -1.19. The van der Waals surface area contributed by atoms with Crippen LogP contribution in [-0.4, -0.2) is 24.8 Å². The van der Waals surface area contributed by atoms with Gasteiger partial charge in [0.15, 0.2) is 5.01 Å². The van der Waals surface area contributed by atoms with Crippen LogP contribution in [0, 0.1) is 0 Å². The molecule has 104 valence electrons. The van der Waals surface area contributed by atoms with Crippen LogP contribution < -0.4 is 0 Å². The fraction of sp³-hybridized carbons (Fsp3) is 0.111. The van der Waals surface area contributed by atoms with Crippen molar-refractivity contribution < 1.29 is 13.2 Å². The summed E-state index contributed by atoms with van der Waals surface area (Å²) in [5, 5.41) is 10.8. The highest BCUT2D eigenvalue weighted by Crippen LogP contribution is 2.34. The van der Waals surface area contributed by atoms with Crippen LogP contribution in [0.3, 0.4) is 0 Å². The number of aromatic nitrogens is 5.